The van der Waals surface area contributed by atoms with Crippen LogP contribution in [0.15, 0.2) is 28.9 Å². The van der Waals surface area contributed by atoms with Crippen molar-refractivity contribution in [3.63, 3.8) is 0 Å². The maximum Gasteiger partial charge on any atom is 0.132 e. The molecule has 0 aliphatic heterocycles. The standard InChI is InChI=1S/C16H20O5/c1-5-12-11(6-7-21-12)16(17)15-13(19-3)8-10(18-2)9-14(15)20-4/h6-9,16-17H,5H2,1-4H3. The van der Waals surface area contributed by atoms with Crippen LogP contribution in [0.4, 0.5) is 0 Å². The minimum Gasteiger partial charge on any atom is -0.496 e. The van der Waals surface area contributed by atoms with Crippen LogP contribution in [0, 0.1) is 0 Å². The Bertz CT molecular complexity index is 577. The SMILES string of the molecule is CCc1occc1C(O)c1c(OC)cc(OC)cc1OC. The van der Waals surface area contributed by atoms with Gasteiger partial charge in [-0.3, -0.25) is 0 Å². The third-order valence-electron chi connectivity index (χ3n) is 3.42. The Labute approximate surface area is 124 Å². The van der Waals surface area contributed by atoms with Crippen molar-refractivity contribution in [3.8, 4) is 17.2 Å². The molecule has 0 amide bonds. The van der Waals surface area contributed by atoms with Crippen LogP contribution in [0.1, 0.15) is 29.9 Å². The maximum absolute atomic E-state index is 10.7. The van der Waals surface area contributed by atoms with E-state index in [0.717, 1.165) is 5.76 Å². The Morgan fingerprint density at radius 3 is 2.19 bits per heavy atom. The van der Waals surface area contributed by atoms with E-state index < -0.39 is 6.10 Å². The van der Waals surface area contributed by atoms with Gasteiger partial charge in [0.2, 0.25) is 0 Å². The molecular formula is C16H20O5. The van der Waals surface area contributed by atoms with Crippen molar-refractivity contribution in [3.05, 3.63) is 41.3 Å². The number of aryl methyl sites for hydroxylation is 1. The molecule has 2 aromatic rings. The van der Waals surface area contributed by atoms with E-state index >= 15 is 0 Å². The lowest BCUT2D eigenvalue weighted by Crippen LogP contribution is -2.06. The van der Waals surface area contributed by atoms with E-state index in [0.29, 0.717) is 34.8 Å². The smallest absolute Gasteiger partial charge is 0.132 e. The fraction of sp³-hybridized carbons (Fsp3) is 0.375. The summed E-state index contributed by atoms with van der Waals surface area (Å²) < 4.78 is 21.3. The lowest BCUT2D eigenvalue weighted by atomic mass is 9.99. The first kappa shape index (κ1) is 15.3. The highest BCUT2D eigenvalue weighted by Crippen LogP contribution is 2.41. The van der Waals surface area contributed by atoms with Crippen molar-refractivity contribution in [1.82, 2.24) is 0 Å². The summed E-state index contributed by atoms with van der Waals surface area (Å²) in [5.41, 5.74) is 1.26. The minimum absolute atomic E-state index is 0.502. The van der Waals surface area contributed by atoms with Crippen molar-refractivity contribution < 1.29 is 23.7 Å². The van der Waals surface area contributed by atoms with E-state index in [1.54, 1.807) is 45.8 Å². The summed E-state index contributed by atoms with van der Waals surface area (Å²) in [6.07, 6.45) is 1.37. The van der Waals surface area contributed by atoms with Crippen LogP contribution in [-0.2, 0) is 6.42 Å². The molecule has 1 atom stereocenters. The molecule has 21 heavy (non-hydrogen) atoms. The summed E-state index contributed by atoms with van der Waals surface area (Å²) in [6.45, 7) is 1.97. The second-order valence-corrected chi connectivity index (χ2v) is 4.50. The highest BCUT2D eigenvalue weighted by Gasteiger charge is 2.25. The van der Waals surface area contributed by atoms with Crippen LogP contribution in [0.3, 0.4) is 0 Å². The third kappa shape index (κ3) is 2.83. The number of furan rings is 1. The fourth-order valence-corrected chi connectivity index (χ4v) is 2.34. The Morgan fingerprint density at radius 1 is 1.10 bits per heavy atom. The first-order valence-electron chi connectivity index (χ1n) is 6.70. The molecule has 0 saturated heterocycles. The van der Waals surface area contributed by atoms with Gasteiger partial charge in [-0.25, -0.2) is 0 Å². The highest BCUT2D eigenvalue weighted by atomic mass is 16.5. The zero-order valence-corrected chi connectivity index (χ0v) is 12.7. The molecule has 114 valence electrons. The number of benzene rings is 1. The number of aliphatic hydroxyl groups excluding tert-OH is 1. The number of aliphatic hydroxyl groups is 1. The van der Waals surface area contributed by atoms with Crippen molar-refractivity contribution in [2.75, 3.05) is 21.3 Å². The monoisotopic (exact) mass is 292 g/mol. The average molecular weight is 292 g/mol. The van der Waals surface area contributed by atoms with Gasteiger partial charge in [-0.2, -0.15) is 0 Å². The molecule has 0 aliphatic rings. The van der Waals surface area contributed by atoms with Crippen LogP contribution in [-0.4, -0.2) is 26.4 Å². The average Bonchev–Trinajstić information content (AvgIpc) is 3.01. The van der Waals surface area contributed by atoms with Gasteiger partial charge in [0.1, 0.15) is 29.1 Å². The van der Waals surface area contributed by atoms with E-state index in [-0.39, 0.29) is 0 Å². The van der Waals surface area contributed by atoms with Crippen LogP contribution >= 0.6 is 0 Å². The molecular weight excluding hydrogens is 272 g/mol. The molecule has 5 nitrogen and oxygen atoms in total. The lowest BCUT2D eigenvalue weighted by Gasteiger charge is -2.19. The van der Waals surface area contributed by atoms with Crippen molar-refractivity contribution in [1.29, 1.82) is 0 Å². The van der Waals surface area contributed by atoms with Gasteiger partial charge in [-0.15, -0.1) is 0 Å². The summed E-state index contributed by atoms with van der Waals surface area (Å²) in [6, 6.07) is 5.19. The normalized spacial score (nSPS) is 12.0. The summed E-state index contributed by atoms with van der Waals surface area (Å²) in [5.74, 6) is 2.34. The predicted octanol–water partition coefficient (Wildman–Crippen LogP) is 2.95. The van der Waals surface area contributed by atoms with Gasteiger partial charge >= 0.3 is 0 Å². The van der Waals surface area contributed by atoms with Gasteiger partial charge in [-0.05, 0) is 6.07 Å². The molecule has 1 heterocycles. The Morgan fingerprint density at radius 2 is 1.71 bits per heavy atom. The number of rotatable bonds is 6. The second kappa shape index (κ2) is 6.54. The van der Waals surface area contributed by atoms with Crippen molar-refractivity contribution >= 4 is 0 Å². The van der Waals surface area contributed by atoms with E-state index in [1.807, 2.05) is 6.92 Å². The van der Waals surface area contributed by atoms with Crippen molar-refractivity contribution in [2.45, 2.75) is 19.4 Å². The van der Waals surface area contributed by atoms with Gasteiger partial charge in [0.15, 0.2) is 0 Å². The topological polar surface area (TPSA) is 61.1 Å². The van der Waals surface area contributed by atoms with Gasteiger partial charge < -0.3 is 23.7 Å². The molecule has 1 N–H and O–H groups in total. The quantitative estimate of drug-likeness (QED) is 0.887. The lowest BCUT2D eigenvalue weighted by molar-refractivity contribution is 0.205. The zero-order valence-electron chi connectivity index (χ0n) is 12.7. The Balaban J connectivity index is 2.56. The highest BCUT2D eigenvalue weighted by molar-refractivity contribution is 5.54. The van der Waals surface area contributed by atoms with E-state index in [4.69, 9.17) is 18.6 Å². The first-order valence-corrected chi connectivity index (χ1v) is 6.70. The van der Waals surface area contributed by atoms with Crippen LogP contribution < -0.4 is 14.2 Å². The predicted molar refractivity (Wildman–Crippen MR) is 78.2 cm³/mol. The molecule has 0 bridgehead atoms. The van der Waals surface area contributed by atoms with Gasteiger partial charge in [0.05, 0.1) is 33.2 Å². The van der Waals surface area contributed by atoms with Gasteiger partial charge in [-0.1, -0.05) is 6.92 Å². The van der Waals surface area contributed by atoms with E-state index in [9.17, 15) is 5.11 Å². The number of hydrogen-bond donors (Lipinski definition) is 1. The van der Waals surface area contributed by atoms with Crippen LogP contribution in [0.2, 0.25) is 0 Å². The number of ether oxygens (including phenoxy) is 3. The van der Waals surface area contributed by atoms with Crippen LogP contribution in [0.25, 0.3) is 0 Å². The summed E-state index contributed by atoms with van der Waals surface area (Å²) in [5, 5.41) is 10.7. The molecule has 0 aliphatic carbocycles. The minimum atomic E-state index is -0.894. The number of methoxy groups -OCH3 is 3. The molecule has 0 saturated carbocycles. The fourth-order valence-electron chi connectivity index (χ4n) is 2.34. The maximum atomic E-state index is 10.7. The Hall–Kier alpha value is -2.14. The first-order chi connectivity index (χ1) is 10.2. The molecule has 1 aromatic heterocycles. The molecule has 1 unspecified atom stereocenters. The number of hydrogen-bond acceptors (Lipinski definition) is 5. The summed E-state index contributed by atoms with van der Waals surface area (Å²) >= 11 is 0. The molecule has 5 heteroatoms. The van der Waals surface area contributed by atoms with Gasteiger partial charge in [0.25, 0.3) is 0 Å². The molecule has 0 radical (unpaired) electrons. The second-order valence-electron chi connectivity index (χ2n) is 4.50. The Kier molecular flexibility index (Phi) is 4.75. The van der Waals surface area contributed by atoms with Crippen molar-refractivity contribution in [2.24, 2.45) is 0 Å². The molecule has 2 rings (SSSR count). The van der Waals surface area contributed by atoms with Gasteiger partial charge in [0, 0.05) is 24.1 Å². The molecule has 1 aromatic carbocycles. The van der Waals surface area contributed by atoms with E-state index in [1.165, 1.54) is 0 Å². The van der Waals surface area contributed by atoms with Crippen LogP contribution in [0.5, 0.6) is 17.2 Å². The summed E-state index contributed by atoms with van der Waals surface area (Å²) in [4.78, 5) is 0. The molecule has 0 spiro atoms. The van der Waals surface area contributed by atoms with E-state index in [2.05, 4.69) is 0 Å². The zero-order chi connectivity index (χ0) is 15.4. The summed E-state index contributed by atoms with van der Waals surface area (Å²) in [7, 11) is 4.65. The largest absolute Gasteiger partial charge is 0.496 e. The third-order valence-corrected chi connectivity index (χ3v) is 3.42. The molecule has 0 fully saturated rings.